The topological polar surface area (TPSA) is 62.5 Å². The van der Waals surface area contributed by atoms with Gasteiger partial charge in [-0.3, -0.25) is 9.69 Å². The largest absolute Gasteiger partial charge is 0.340 e. The van der Waals surface area contributed by atoms with Gasteiger partial charge in [-0.15, -0.1) is 0 Å². The first-order valence-corrected chi connectivity index (χ1v) is 9.56. The first-order valence-electron chi connectivity index (χ1n) is 8.61. The number of thiophene rings is 1. The maximum absolute atomic E-state index is 12.3. The fourth-order valence-electron chi connectivity index (χ4n) is 3.03. The lowest BCUT2D eigenvalue weighted by atomic mass is 10.1. The average Bonchev–Trinajstić information content (AvgIpc) is 3.13. The minimum atomic E-state index is 0.261. The van der Waals surface area contributed by atoms with E-state index in [4.69, 9.17) is 4.52 Å². The van der Waals surface area contributed by atoms with Crippen molar-refractivity contribution in [2.45, 2.75) is 38.1 Å². The van der Waals surface area contributed by atoms with Crippen LogP contribution in [-0.4, -0.2) is 52.0 Å². The molecule has 7 heteroatoms. The quantitative estimate of drug-likeness (QED) is 0.803. The van der Waals surface area contributed by atoms with Gasteiger partial charge in [0.15, 0.2) is 5.82 Å². The Morgan fingerprint density at radius 3 is 2.83 bits per heavy atom. The van der Waals surface area contributed by atoms with E-state index in [1.165, 1.54) is 18.4 Å². The zero-order valence-corrected chi connectivity index (χ0v) is 14.5. The zero-order chi connectivity index (χ0) is 16.4. The molecule has 1 aliphatic carbocycles. The van der Waals surface area contributed by atoms with E-state index in [1.807, 2.05) is 4.90 Å². The number of rotatable bonds is 6. The van der Waals surface area contributed by atoms with Crippen LogP contribution in [0.15, 0.2) is 21.3 Å². The first kappa shape index (κ1) is 15.8. The van der Waals surface area contributed by atoms with Gasteiger partial charge in [-0.1, -0.05) is 5.16 Å². The predicted octanol–water partition coefficient (Wildman–Crippen LogP) is 2.29. The Kier molecular flexibility index (Phi) is 4.62. The third kappa shape index (κ3) is 3.84. The van der Waals surface area contributed by atoms with Gasteiger partial charge in [0.25, 0.3) is 0 Å². The Labute approximate surface area is 145 Å². The smallest absolute Gasteiger partial charge is 0.229 e. The molecule has 0 radical (unpaired) electrons. The number of aryl methyl sites for hydroxylation is 1. The van der Waals surface area contributed by atoms with E-state index in [2.05, 4.69) is 31.9 Å². The average molecular weight is 346 g/mol. The van der Waals surface area contributed by atoms with Crippen molar-refractivity contribution in [1.82, 2.24) is 19.9 Å². The van der Waals surface area contributed by atoms with Crippen molar-refractivity contribution in [2.24, 2.45) is 0 Å². The summed E-state index contributed by atoms with van der Waals surface area (Å²) in [7, 11) is 0. The second-order valence-corrected chi connectivity index (χ2v) is 7.39. The lowest BCUT2D eigenvalue weighted by Crippen LogP contribution is -2.48. The molecule has 1 amide bonds. The molecule has 1 saturated carbocycles. The van der Waals surface area contributed by atoms with Gasteiger partial charge in [0.2, 0.25) is 11.8 Å². The van der Waals surface area contributed by atoms with E-state index in [9.17, 15) is 4.79 Å². The number of amides is 1. The van der Waals surface area contributed by atoms with E-state index in [-0.39, 0.29) is 5.91 Å². The van der Waals surface area contributed by atoms with Gasteiger partial charge in [0.05, 0.1) is 6.54 Å². The molecule has 24 heavy (non-hydrogen) atoms. The molecule has 3 heterocycles. The summed E-state index contributed by atoms with van der Waals surface area (Å²) in [6, 6.07) is 2.09. The van der Waals surface area contributed by atoms with Crippen LogP contribution in [0.2, 0.25) is 0 Å². The van der Waals surface area contributed by atoms with Crippen LogP contribution in [0.25, 0.3) is 0 Å². The lowest BCUT2D eigenvalue weighted by Gasteiger charge is -2.34. The van der Waals surface area contributed by atoms with Gasteiger partial charge in [0.1, 0.15) is 0 Å². The van der Waals surface area contributed by atoms with Gasteiger partial charge in [0, 0.05) is 38.5 Å². The molecule has 2 aromatic heterocycles. The van der Waals surface area contributed by atoms with E-state index >= 15 is 0 Å². The summed E-state index contributed by atoms with van der Waals surface area (Å²) >= 11 is 1.68. The summed E-state index contributed by atoms with van der Waals surface area (Å²) in [6.07, 6.45) is 3.79. The third-order valence-corrected chi connectivity index (χ3v) is 5.44. The van der Waals surface area contributed by atoms with Crippen molar-refractivity contribution < 1.29 is 9.32 Å². The summed E-state index contributed by atoms with van der Waals surface area (Å²) in [6.45, 7) is 4.04. The highest BCUT2D eigenvalue weighted by Crippen LogP contribution is 2.38. The second-order valence-electron chi connectivity index (χ2n) is 6.61. The van der Waals surface area contributed by atoms with Crippen molar-refractivity contribution in [3.63, 3.8) is 0 Å². The Morgan fingerprint density at radius 2 is 2.12 bits per heavy atom. The van der Waals surface area contributed by atoms with Crippen molar-refractivity contribution in [2.75, 3.05) is 26.2 Å². The van der Waals surface area contributed by atoms with Gasteiger partial charge in [-0.2, -0.15) is 16.3 Å². The second kappa shape index (κ2) is 7.03. The highest BCUT2D eigenvalue weighted by atomic mass is 32.1. The Bertz CT molecular complexity index is 673. The van der Waals surface area contributed by atoms with Gasteiger partial charge in [-0.05, 0) is 41.7 Å². The molecule has 0 aromatic carbocycles. The van der Waals surface area contributed by atoms with Crippen LogP contribution in [0.1, 0.15) is 42.5 Å². The molecular formula is C17H22N4O2S. The Balaban J connectivity index is 1.21. The highest BCUT2D eigenvalue weighted by Gasteiger charge is 2.30. The van der Waals surface area contributed by atoms with Crippen LogP contribution in [0.5, 0.6) is 0 Å². The highest BCUT2D eigenvalue weighted by molar-refractivity contribution is 7.07. The molecule has 0 atom stereocenters. The monoisotopic (exact) mass is 346 g/mol. The Hall–Kier alpha value is -1.73. The predicted molar refractivity (Wildman–Crippen MR) is 90.8 cm³/mol. The normalized spacial score (nSPS) is 18.9. The van der Waals surface area contributed by atoms with E-state index in [1.54, 1.807) is 11.3 Å². The van der Waals surface area contributed by atoms with Crippen LogP contribution in [-0.2, 0) is 17.8 Å². The fourth-order valence-corrected chi connectivity index (χ4v) is 3.73. The van der Waals surface area contributed by atoms with Crippen molar-refractivity contribution in [3.8, 4) is 0 Å². The number of nitrogens with zero attached hydrogens (tertiary/aromatic N) is 4. The molecule has 2 aromatic rings. The molecule has 0 N–H and O–H groups in total. The number of hydrogen-bond acceptors (Lipinski definition) is 6. The molecule has 2 fully saturated rings. The van der Waals surface area contributed by atoms with Crippen molar-refractivity contribution >= 4 is 17.2 Å². The minimum Gasteiger partial charge on any atom is -0.340 e. The number of hydrogen-bond donors (Lipinski definition) is 0. The van der Waals surface area contributed by atoms with E-state index < -0.39 is 0 Å². The van der Waals surface area contributed by atoms with Crippen LogP contribution >= 0.6 is 11.3 Å². The number of piperazine rings is 1. The van der Waals surface area contributed by atoms with Gasteiger partial charge >= 0.3 is 0 Å². The van der Waals surface area contributed by atoms with Crippen LogP contribution in [0.3, 0.4) is 0 Å². The van der Waals surface area contributed by atoms with Crippen LogP contribution < -0.4 is 0 Å². The number of aromatic nitrogens is 2. The maximum Gasteiger partial charge on any atom is 0.229 e. The summed E-state index contributed by atoms with van der Waals surface area (Å²) in [4.78, 5) is 21.1. The van der Waals surface area contributed by atoms with Crippen molar-refractivity contribution in [1.29, 1.82) is 0 Å². The SMILES string of the molecule is O=C(CCc1ccsc1)N1CCN(Cc2noc(C3CC3)n2)CC1. The molecular weight excluding hydrogens is 324 g/mol. The summed E-state index contributed by atoms with van der Waals surface area (Å²) in [5.74, 6) is 2.33. The summed E-state index contributed by atoms with van der Waals surface area (Å²) in [5, 5.41) is 8.25. The molecule has 0 unspecified atom stereocenters. The van der Waals surface area contributed by atoms with Gasteiger partial charge in [-0.25, -0.2) is 0 Å². The van der Waals surface area contributed by atoms with Crippen LogP contribution in [0.4, 0.5) is 0 Å². The van der Waals surface area contributed by atoms with E-state index in [0.29, 0.717) is 18.9 Å². The van der Waals surface area contributed by atoms with Crippen molar-refractivity contribution in [3.05, 3.63) is 34.1 Å². The summed E-state index contributed by atoms with van der Waals surface area (Å²) in [5.41, 5.74) is 1.26. The number of carbonyl (C=O) groups excluding carboxylic acids is 1. The summed E-state index contributed by atoms with van der Waals surface area (Å²) < 4.78 is 5.31. The molecule has 1 saturated heterocycles. The molecule has 1 aliphatic heterocycles. The lowest BCUT2D eigenvalue weighted by molar-refractivity contribution is -0.133. The zero-order valence-electron chi connectivity index (χ0n) is 13.7. The van der Waals surface area contributed by atoms with E-state index in [0.717, 1.165) is 44.3 Å². The Morgan fingerprint density at radius 1 is 1.29 bits per heavy atom. The fraction of sp³-hybridized carbons (Fsp3) is 0.588. The third-order valence-electron chi connectivity index (χ3n) is 4.71. The standard InChI is InChI=1S/C17H22N4O2S/c22-16(4-1-13-5-10-24-12-13)21-8-6-20(7-9-21)11-15-18-17(23-19-15)14-2-3-14/h5,10,12,14H,1-4,6-9,11H2. The molecule has 6 nitrogen and oxygen atoms in total. The van der Waals surface area contributed by atoms with Gasteiger partial charge < -0.3 is 9.42 Å². The molecule has 4 rings (SSSR count). The maximum atomic E-state index is 12.3. The minimum absolute atomic E-state index is 0.261. The molecule has 0 spiro atoms. The molecule has 0 bridgehead atoms. The number of carbonyl (C=O) groups is 1. The molecule has 2 aliphatic rings. The van der Waals surface area contributed by atoms with Crippen LogP contribution in [0, 0.1) is 0 Å². The molecule has 128 valence electrons. The first-order chi connectivity index (χ1) is 11.8.